The summed E-state index contributed by atoms with van der Waals surface area (Å²) in [5.41, 5.74) is -0.0474. The van der Waals surface area contributed by atoms with Crippen LogP contribution in [-0.4, -0.2) is 91.9 Å². The molecule has 7 nitrogen and oxygen atoms in total. The normalized spacial score (nSPS) is 20.6. The Labute approximate surface area is 186 Å². The van der Waals surface area contributed by atoms with Crippen LogP contribution in [0.25, 0.3) is 0 Å². The Morgan fingerprint density at radius 1 is 1.21 bits per heavy atom. The largest absolute Gasteiger partial charge is 0.373 e. The topological polar surface area (TPSA) is 56.2 Å². The molecule has 2 saturated heterocycles. The second-order valence-electron chi connectivity index (χ2n) is 7.78. The number of anilines is 1. The minimum atomic E-state index is -0.0474. The molecular formula is C20H35IN6O. The third-order valence-corrected chi connectivity index (χ3v) is 5.07. The van der Waals surface area contributed by atoms with Crippen molar-refractivity contribution in [3.63, 3.8) is 0 Å². The molecule has 0 saturated carbocycles. The van der Waals surface area contributed by atoms with Gasteiger partial charge in [-0.1, -0.05) is 6.07 Å². The summed E-state index contributed by atoms with van der Waals surface area (Å²) in [7, 11) is 0. The number of piperazine rings is 1. The standard InChI is InChI=1S/C20H34N6O.HI/c1-4-21-19(23-9-10-24-15-16-27-20(2,3)17-24)26-13-11-25(12-14-26)18-7-5-6-8-22-18;/h5-8H,4,9-17H2,1-3H3,(H,21,23);1H. The van der Waals surface area contributed by atoms with Gasteiger partial charge in [-0.15, -0.1) is 24.0 Å². The highest BCUT2D eigenvalue weighted by molar-refractivity contribution is 14.0. The quantitative estimate of drug-likeness (QED) is 0.377. The fraction of sp³-hybridized carbons (Fsp3) is 0.700. The van der Waals surface area contributed by atoms with Crippen LogP contribution in [0.1, 0.15) is 20.8 Å². The van der Waals surface area contributed by atoms with Gasteiger partial charge in [-0.2, -0.15) is 0 Å². The minimum Gasteiger partial charge on any atom is -0.373 e. The summed E-state index contributed by atoms with van der Waals surface area (Å²) in [5.74, 6) is 2.10. The average Bonchev–Trinajstić information content (AvgIpc) is 2.67. The summed E-state index contributed by atoms with van der Waals surface area (Å²) >= 11 is 0. The molecule has 0 unspecified atom stereocenters. The molecule has 2 aliphatic rings. The van der Waals surface area contributed by atoms with E-state index < -0.39 is 0 Å². The first-order chi connectivity index (χ1) is 13.1. The van der Waals surface area contributed by atoms with E-state index in [9.17, 15) is 0 Å². The molecule has 1 aromatic heterocycles. The highest BCUT2D eigenvalue weighted by Gasteiger charge is 2.26. The summed E-state index contributed by atoms with van der Waals surface area (Å²) in [6, 6.07) is 6.09. The lowest BCUT2D eigenvalue weighted by Crippen LogP contribution is -2.53. The molecule has 0 radical (unpaired) electrons. The maximum atomic E-state index is 5.80. The SMILES string of the molecule is CCNC(=NCCN1CCOC(C)(C)C1)N1CCN(c2ccccn2)CC1.I. The fourth-order valence-corrected chi connectivity index (χ4v) is 3.72. The molecule has 28 heavy (non-hydrogen) atoms. The van der Waals surface area contributed by atoms with E-state index >= 15 is 0 Å². The molecule has 1 N–H and O–H groups in total. The van der Waals surface area contributed by atoms with Crippen molar-refractivity contribution in [2.75, 3.05) is 70.4 Å². The van der Waals surface area contributed by atoms with Gasteiger partial charge >= 0.3 is 0 Å². The second-order valence-corrected chi connectivity index (χ2v) is 7.78. The van der Waals surface area contributed by atoms with Gasteiger partial charge in [0.2, 0.25) is 0 Å². The van der Waals surface area contributed by atoms with E-state index in [1.807, 2.05) is 18.3 Å². The molecular weight excluding hydrogens is 467 g/mol. The molecule has 8 heteroatoms. The van der Waals surface area contributed by atoms with Crippen molar-refractivity contribution in [2.24, 2.45) is 4.99 Å². The van der Waals surface area contributed by atoms with Crippen LogP contribution in [0.15, 0.2) is 29.4 Å². The zero-order valence-electron chi connectivity index (χ0n) is 17.4. The minimum absolute atomic E-state index is 0. The van der Waals surface area contributed by atoms with Crippen molar-refractivity contribution in [1.82, 2.24) is 20.1 Å². The smallest absolute Gasteiger partial charge is 0.194 e. The Morgan fingerprint density at radius 2 is 2.00 bits per heavy atom. The molecule has 158 valence electrons. The van der Waals surface area contributed by atoms with Crippen LogP contribution in [0.5, 0.6) is 0 Å². The molecule has 0 bridgehead atoms. The number of hydrogen-bond donors (Lipinski definition) is 1. The van der Waals surface area contributed by atoms with E-state index in [0.29, 0.717) is 0 Å². The van der Waals surface area contributed by atoms with Gasteiger partial charge in [-0.05, 0) is 32.9 Å². The first-order valence-electron chi connectivity index (χ1n) is 10.1. The molecule has 2 fully saturated rings. The van der Waals surface area contributed by atoms with E-state index in [4.69, 9.17) is 9.73 Å². The van der Waals surface area contributed by atoms with E-state index in [2.05, 4.69) is 51.8 Å². The first-order valence-corrected chi connectivity index (χ1v) is 10.1. The Hall–Kier alpha value is -1.13. The number of aromatic nitrogens is 1. The zero-order chi connectivity index (χ0) is 19.1. The molecule has 0 spiro atoms. The molecule has 0 atom stereocenters. The Balaban J connectivity index is 0.00000280. The zero-order valence-corrected chi connectivity index (χ0v) is 19.8. The van der Waals surface area contributed by atoms with Gasteiger partial charge in [0, 0.05) is 58.6 Å². The van der Waals surface area contributed by atoms with Gasteiger partial charge in [-0.3, -0.25) is 9.89 Å². The Kier molecular flexibility index (Phi) is 9.23. The van der Waals surface area contributed by atoms with Crippen LogP contribution in [0.3, 0.4) is 0 Å². The molecule has 0 aromatic carbocycles. The predicted octanol–water partition coefficient (Wildman–Crippen LogP) is 1.90. The van der Waals surface area contributed by atoms with Crippen LogP contribution >= 0.6 is 24.0 Å². The molecule has 0 amide bonds. The van der Waals surface area contributed by atoms with Gasteiger partial charge in [0.05, 0.1) is 18.8 Å². The number of nitrogens with zero attached hydrogens (tertiary/aromatic N) is 5. The van der Waals surface area contributed by atoms with Crippen LogP contribution in [-0.2, 0) is 4.74 Å². The number of guanidine groups is 1. The lowest BCUT2D eigenvalue weighted by molar-refractivity contribution is -0.0850. The third kappa shape index (κ3) is 6.73. The van der Waals surface area contributed by atoms with Crippen molar-refractivity contribution < 1.29 is 4.74 Å². The van der Waals surface area contributed by atoms with E-state index in [0.717, 1.165) is 77.3 Å². The molecule has 2 aliphatic heterocycles. The van der Waals surface area contributed by atoms with Gasteiger partial charge in [0.15, 0.2) is 5.96 Å². The summed E-state index contributed by atoms with van der Waals surface area (Å²) in [6.45, 7) is 15.8. The second kappa shape index (κ2) is 11.2. The van der Waals surface area contributed by atoms with Crippen molar-refractivity contribution >= 4 is 35.8 Å². The highest BCUT2D eigenvalue weighted by Crippen LogP contribution is 2.16. The molecule has 3 heterocycles. The molecule has 1 aromatic rings. The third-order valence-electron chi connectivity index (χ3n) is 5.07. The lowest BCUT2D eigenvalue weighted by Gasteiger charge is -2.38. The predicted molar refractivity (Wildman–Crippen MR) is 126 cm³/mol. The van der Waals surface area contributed by atoms with Crippen LogP contribution in [0.2, 0.25) is 0 Å². The number of nitrogens with one attached hydrogen (secondary N) is 1. The maximum Gasteiger partial charge on any atom is 0.194 e. The number of ether oxygens (including phenoxy) is 1. The van der Waals surface area contributed by atoms with E-state index in [1.165, 1.54) is 0 Å². The Bertz CT molecular complexity index is 604. The van der Waals surface area contributed by atoms with Crippen LogP contribution in [0, 0.1) is 0 Å². The Morgan fingerprint density at radius 3 is 2.64 bits per heavy atom. The highest BCUT2D eigenvalue weighted by atomic mass is 127. The van der Waals surface area contributed by atoms with Crippen molar-refractivity contribution in [2.45, 2.75) is 26.4 Å². The number of rotatable bonds is 5. The summed E-state index contributed by atoms with van der Waals surface area (Å²) < 4.78 is 5.80. The summed E-state index contributed by atoms with van der Waals surface area (Å²) in [6.07, 6.45) is 1.86. The van der Waals surface area contributed by atoms with Gasteiger partial charge in [0.25, 0.3) is 0 Å². The number of morpholine rings is 1. The molecule has 0 aliphatic carbocycles. The fourth-order valence-electron chi connectivity index (χ4n) is 3.72. The monoisotopic (exact) mass is 502 g/mol. The van der Waals surface area contributed by atoms with Crippen LogP contribution < -0.4 is 10.2 Å². The van der Waals surface area contributed by atoms with E-state index in [-0.39, 0.29) is 29.6 Å². The first kappa shape index (κ1) is 23.2. The lowest BCUT2D eigenvalue weighted by atomic mass is 10.1. The number of aliphatic imine (C=N–C) groups is 1. The van der Waals surface area contributed by atoms with Crippen molar-refractivity contribution in [1.29, 1.82) is 0 Å². The summed E-state index contributed by atoms with van der Waals surface area (Å²) in [4.78, 5) is 16.5. The number of halogens is 1. The van der Waals surface area contributed by atoms with Crippen molar-refractivity contribution in [3.05, 3.63) is 24.4 Å². The molecule has 3 rings (SSSR count). The van der Waals surface area contributed by atoms with Crippen LogP contribution in [0.4, 0.5) is 5.82 Å². The van der Waals surface area contributed by atoms with Crippen molar-refractivity contribution in [3.8, 4) is 0 Å². The van der Waals surface area contributed by atoms with Gasteiger partial charge in [0.1, 0.15) is 5.82 Å². The maximum absolute atomic E-state index is 5.80. The van der Waals surface area contributed by atoms with Gasteiger partial charge < -0.3 is 19.9 Å². The number of pyridine rings is 1. The van der Waals surface area contributed by atoms with Gasteiger partial charge in [-0.25, -0.2) is 4.98 Å². The summed E-state index contributed by atoms with van der Waals surface area (Å²) in [5, 5.41) is 3.46. The van der Waals surface area contributed by atoms with E-state index in [1.54, 1.807) is 0 Å². The number of hydrogen-bond acceptors (Lipinski definition) is 5. The average molecular weight is 502 g/mol.